The Morgan fingerprint density at radius 2 is 1.59 bits per heavy atom. The molecule has 174 valence electrons. The first kappa shape index (κ1) is 22.2. The average Bonchev–Trinajstić information content (AvgIpc) is 3.46. The van der Waals surface area contributed by atoms with Crippen LogP contribution in [0.5, 0.6) is 5.75 Å². The summed E-state index contributed by atoms with van der Waals surface area (Å²) in [6.07, 6.45) is 4.04. The van der Waals surface area contributed by atoms with Crippen molar-refractivity contribution in [2.45, 2.75) is 24.9 Å². The van der Waals surface area contributed by atoms with E-state index < -0.39 is 0 Å². The van der Waals surface area contributed by atoms with Crippen LogP contribution < -0.4 is 15.4 Å². The largest absolute Gasteiger partial charge is 0.489 e. The number of benzene rings is 3. The minimum atomic E-state index is -0.279. The van der Waals surface area contributed by atoms with E-state index in [1.165, 1.54) is 0 Å². The number of ether oxygens (including phenoxy) is 3. The van der Waals surface area contributed by atoms with Crippen LogP contribution in [0, 0.1) is 5.92 Å². The first-order valence-electron chi connectivity index (χ1n) is 11.6. The fourth-order valence-electron chi connectivity index (χ4n) is 4.33. The average molecular weight is 457 g/mol. The highest BCUT2D eigenvalue weighted by atomic mass is 16.6. The second-order valence-electron chi connectivity index (χ2n) is 8.53. The molecule has 2 aliphatic rings. The lowest BCUT2D eigenvalue weighted by Gasteiger charge is -2.18. The zero-order chi connectivity index (χ0) is 23.2. The van der Waals surface area contributed by atoms with Crippen LogP contribution in [0.1, 0.15) is 11.1 Å². The van der Waals surface area contributed by atoms with Crippen LogP contribution >= 0.6 is 0 Å². The molecule has 2 heterocycles. The van der Waals surface area contributed by atoms with Crippen molar-refractivity contribution in [2.24, 2.45) is 5.92 Å². The van der Waals surface area contributed by atoms with Gasteiger partial charge in [0.2, 0.25) is 0 Å². The molecule has 34 heavy (non-hydrogen) atoms. The smallest absolute Gasteiger partial charge is 0.319 e. The first-order chi connectivity index (χ1) is 16.7. The van der Waals surface area contributed by atoms with Crippen molar-refractivity contribution in [1.82, 2.24) is 5.32 Å². The number of hydrogen-bond donors (Lipinski definition) is 2. The maximum absolute atomic E-state index is 12.6. The van der Waals surface area contributed by atoms with Gasteiger partial charge in [0.05, 0.1) is 25.4 Å². The van der Waals surface area contributed by atoms with Gasteiger partial charge in [-0.25, -0.2) is 4.79 Å². The molecule has 0 radical (unpaired) electrons. The summed E-state index contributed by atoms with van der Waals surface area (Å²) in [7, 11) is 0. The first-order valence-corrected chi connectivity index (χ1v) is 11.6. The Balaban J connectivity index is 1.10. The number of fused-ring (bicyclic) bond motifs is 1. The Bertz CT molecular complexity index is 1100. The fourth-order valence-corrected chi connectivity index (χ4v) is 4.33. The monoisotopic (exact) mass is 456 g/mol. The highest BCUT2D eigenvalue weighted by Gasteiger charge is 2.47. The van der Waals surface area contributed by atoms with Crippen LogP contribution in [0.4, 0.5) is 10.5 Å². The maximum atomic E-state index is 12.6. The highest BCUT2D eigenvalue weighted by molar-refractivity contribution is 5.89. The van der Waals surface area contributed by atoms with Crippen molar-refractivity contribution in [1.29, 1.82) is 0 Å². The van der Waals surface area contributed by atoms with E-state index in [9.17, 15) is 4.79 Å². The van der Waals surface area contributed by atoms with E-state index in [1.807, 2.05) is 72.8 Å². The Labute approximate surface area is 199 Å². The molecule has 4 atom stereocenters. The van der Waals surface area contributed by atoms with Gasteiger partial charge in [0.25, 0.3) is 0 Å². The lowest BCUT2D eigenvalue weighted by molar-refractivity contribution is 0.0662. The van der Waals surface area contributed by atoms with Gasteiger partial charge in [-0.05, 0) is 35.4 Å². The van der Waals surface area contributed by atoms with Crippen molar-refractivity contribution in [3.05, 3.63) is 102 Å². The molecule has 1 unspecified atom stereocenters. The number of carbonyl (C=O) groups excluding carboxylic acids is 1. The van der Waals surface area contributed by atoms with Gasteiger partial charge in [0.1, 0.15) is 18.5 Å². The number of nitrogens with one attached hydrogen (secondary N) is 2. The topological polar surface area (TPSA) is 68.8 Å². The third kappa shape index (κ3) is 5.47. The third-order valence-corrected chi connectivity index (χ3v) is 6.10. The van der Waals surface area contributed by atoms with Gasteiger partial charge in [-0.15, -0.1) is 0 Å². The summed E-state index contributed by atoms with van der Waals surface area (Å²) < 4.78 is 17.8. The number of anilines is 1. The van der Waals surface area contributed by atoms with Crippen LogP contribution in [0.25, 0.3) is 6.08 Å². The molecule has 2 N–H and O–H groups in total. The summed E-state index contributed by atoms with van der Waals surface area (Å²) in [6.45, 7) is 1.52. The van der Waals surface area contributed by atoms with Gasteiger partial charge in [-0.3, -0.25) is 0 Å². The van der Waals surface area contributed by atoms with E-state index in [2.05, 4.69) is 34.9 Å². The summed E-state index contributed by atoms with van der Waals surface area (Å²) in [5.41, 5.74) is 2.94. The van der Waals surface area contributed by atoms with Gasteiger partial charge in [-0.1, -0.05) is 72.8 Å². The Hall–Kier alpha value is -3.61. The molecule has 3 aromatic rings. The van der Waals surface area contributed by atoms with Gasteiger partial charge >= 0.3 is 6.03 Å². The highest BCUT2D eigenvalue weighted by Crippen LogP contribution is 2.32. The van der Waals surface area contributed by atoms with Crippen LogP contribution in [0.3, 0.4) is 0 Å². The molecule has 3 aromatic carbocycles. The Morgan fingerprint density at radius 3 is 2.35 bits per heavy atom. The minimum absolute atomic E-state index is 0.0497. The van der Waals surface area contributed by atoms with Crippen LogP contribution in [-0.2, 0) is 16.1 Å². The summed E-state index contributed by atoms with van der Waals surface area (Å²) in [5.74, 6) is 0.916. The molecule has 6 heteroatoms. The zero-order valence-corrected chi connectivity index (χ0v) is 18.8. The molecule has 6 nitrogen and oxygen atoms in total. The minimum Gasteiger partial charge on any atom is -0.489 e. The summed E-state index contributed by atoms with van der Waals surface area (Å²) in [5, 5.41) is 5.88. The molecule has 5 rings (SSSR count). The predicted octanol–water partition coefficient (Wildman–Crippen LogP) is 4.88. The van der Waals surface area contributed by atoms with Crippen molar-refractivity contribution >= 4 is 17.8 Å². The Kier molecular flexibility index (Phi) is 6.89. The van der Waals surface area contributed by atoms with E-state index in [1.54, 1.807) is 0 Å². The fraction of sp³-hybridized carbons (Fsp3) is 0.250. The second-order valence-corrected chi connectivity index (χ2v) is 8.53. The van der Waals surface area contributed by atoms with E-state index in [4.69, 9.17) is 14.2 Å². The Morgan fingerprint density at radius 1 is 0.882 bits per heavy atom. The summed E-state index contributed by atoms with van der Waals surface area (Å²) >= 11 is 0. The molecule has 2 fully saturated rings. The van der Waals surface area contributed by atoms with Gasteiger partial charge in [-0.2, -0.15) is 0 Å². The quantitative estimate of drug-likeness (QED) is 0.532. The third-order valence-electron chi connectivity index (χ3n) is 6.10. The molecular weight excluding hydrogens is 428 g/mol. The maximum Gasteiger partial charge on any atom is 0.319 e. The van der Waals surface area contributed by atoms with Crippen molar-refractivity contribution in [2.75, 3.05) is 18.5 Å². The standard InChI is InChI=1S/C28H28N2O4/c31-28(29-23-13-15-24(16-14-23)32-17-21-9-5-2-6-10-21)30-25-19-34-26-22(18-33-27(25)26)12-11-20-7-3-1-4-8-20/h1-16,22,25-27H,17-19H2,(H2,29,30,31)/b12-11-/t22-,25+,26?,27-/m1/s1. The molecule has 2 saturated heterocycles. The van der Waals surface area contributed by atoms with E-state index in [0.717, 1.165) is 16.9 Å². The molecule has 2 amide bonds. The van der Waals surface area contributed by atoms with Gasteiger partial charge in [0, 0.05) is 11.6 Å². The number of urea groups is 1. The summed E-state index contributed by atoms with van der Waals surface area (Å²) in [4.78, 5) is 12.6. The van der Waals surface area contributed by atoms with Crippen LogP contribution in [0.15, 0.2) is 91.0 Å². The lowest BCUT2D eigenvalue weighted by atomic mass is 9.99. The van der Waals surface area contributed by atoms with Crippen LogP contribution in [0.2, 0.25) is 0 Å². The lowest BCUT2D eigenvalue weighted by Crippen LogP contribution is -2.45. The number of carbonyl (C=O) groups is 1. The van der Waals surface area contributed by atoms with Crippen molar-refractivity contribution in [3.8, 4) is 5.75 Å². The molecule has 0 aromatic heterocycles. The van der Waals surface area contributed by atoms with E-state index >= 15 is 0 Å². The predicted molar refractivity (Wildman–Crippen MR) is 132 cm³/mol. The van der Waals surface area contributed by atoms with Gasteiger partial charge < -0.3 is 24.8 Å². The summed E-state index contributed by atoms with van der Waals surface area (Å²) in [6, 6.07) is 27.0. The normalized spacial score (nSPS) is 23.5. The van der Waals surface area contributed by atoms with E-state index in [-0.39, 0.29) is 30.2 Å². The van der Waals surface area contributed by atoms with Crippen molar-refractivity contribution < 1.29 is 19.0 Å². The second kappa shape index (κ2) is 10.5. The molecule has 0 saturated carbocycles. The van der Waals surface area contributed by atoms with E-state index in [0.29, 0.717) is 25.5 Å². The van der Waals surface area contributed by atoms with Crippen molar-refractivity contribution in [3.63, 3.8) is 0 Å². The molecular formula is C28H28N2O4. The molecule has 0 aliphatic carbocycles. The number of hydrogen-bond acceptors (Lipinski definition) is 4. The number of amides is 2. The van der Waals surface area contributed by atoms with Gasteiger partial charge in [0.15, 0.2) is 0 Å². The SMILES string of the molecule is O=C(Nc1ccc(OCc2ccccc2)cc1)N[C@H]1COC2[C@H](/C=C\c3ccccc3)CO[C@@H]21. The molecule has 2 aliphatic heterocycles. The molecule has 0 bridgehead atoms. The zero-order valence-electron chi connectivity index (χ0n) is 18.8. The van der Waals surface area contributed by atoms with Crippen LogP contribution in [-0.4, -0.2) is 37.5 Å². The molecule has 0 spiro atoms. The number of rotatable bonds is 7.